The molecule has 0 aliphatic rings. The summed E-state index contributed by atoms with van der Waals surface area (Å²) in [7, 11) is 1.34. The molecule has 0 spiro atoms. The van der Waals surface area contributed by atoms with Crippen molar-refractivity contribution >= 4 is 22.4 Å². The average Bonchev–Trinajstić information content (AvgIpc) is 2.98. The van der Waals surface area contributed by atoms with Gasteiger partial charge in [-0.25, -0.2) is 14.8 Å². The SMILES string of the molecule is COC(=O)c1cnc(NC(C)c2ncn[nH]2)s1. The molecule has 8 heteroatoms. The molecule has 0 bridgehead atoms. The van der Waals surface area contributed by atoms with Gasteiger partial charge >= 0.3 is 5.97 Å². The lowest BCUT2D eigenvalue weighted by Gasteiger charge is -2.08. The van der Waals surface area contributed by atoms with Crippen LogP contribution >= 0.6 is 11.3 Å². The maximum atomic E-state index is 11.2. The third kappa shape index (κ3) is 2.59. The molecule has 1 atom stereocenters. The normalized spacial score (nSPS) is 12.1. The fourth-order valence-corrected chi connectivity index (χ4v) is 2.03. The molecule has 0 fully saturated rings. The highest BCUT2D eigenvalue weighted by molar-refractivity contribution is 7.17. The monoisotopic (exact) mass is 253 g/mol. The molecule has 7 nitrogen and oxygen atoms in total. The van der Waals surface area contributed by atoms with E-state index in [1.54, 1.807) is 0 Å². The van der Waals surface area contributed by atoms with Crippen LogP contribution < -0.4 is 5.32 Å². The fraction of sp³-hybridized carbons (Fsp3) is 0.333. The van der Waals surface area contributed by atoms with Crippen molar-refractivity contribution in [2.75, 3.05) is 12.4 Å². The van der Waals surface area contributed by atoms with E-state index in [4.69, 9.17) is 0 Å². The second-order valence-electron chi connectivity index (χ2n) is 3.26. The number of carbonyl (C=O) groups excluding carboxylic acids is 1. The molecule has 0 aliphatic carbocycles. The molecule has 2 heterocycles. The number of methoxy groups -OCH3 is 1. The van der Waals surface area contributed by atoms with Gasteiger partial charge in [-0.05, 0) is 6.92 Å². The zero-order valence-electron chi connectivity index (χ0n) is 9.30. The Morgan fingerprint density at radius 2 is 2.41 bits per heavy atom. The van der Waals surface area contributed by atoms with Crippen molar-refractivity contribution < 1.29 is 9.53 Å². The predicted octanol–water partition coefficient (Wildman–Crippen LogP) is 1.22. The molecule has 2 aromatic heterocycles. The molecule has 1 unspecified atom stereocenters. The van der Waals surface area contributed by atoms with Gasteiger partial charge in [-0.1, -0.05) is 11.3 Å². The highest BCUT2D eigenvalue weighted by atomic mass is 32.1. The number of H-pyrrole nitrogens is 1. The Kier molecular flexibility index (Phi) is 3.33. The van der Waals surface area contributed by atoms with E-state index >= 15 is 0 Å². The summed E-state index contributed by atoms with van der Waals surface area (Å²) in [5, 5.41) is 10.3. The van der Waals surface area contributed by atoms with E-state index in [9.17, 15) is 4.79 Å². The first-order chi connectivity index (χ1) is 8.20. The van der Waals surface area contributed by atoms with Crippen molar-refractivity contribution in [2.24, 2.45) is 0 Å². The first kappa shape index (κ1) is 11.5. The van der Waals surface area contributed by atoms with Gasteiger partial charge in [-0.3, -0.25) is 5.10 Å². The van der Waals surface area contributed by atoms with Gasteiger partial charge in [0.05, 0.1) is 19.3 Å². The number of nitrogens with one attached hydrogen (secondary N) is 2. The molecule has 0 radical (unpaired) electrons. The van der Waals surface area contributed by atoms with Crippen molar-refractivity contribution in [2.45, 2.75) is 13.0 Å². The third-order valence-electron chi connectivity index (χ3n) is 2.08. The number of hydrogen-bond donors (Lipinski definition) is 2. The van der Waals surface area contributed by atoms with E-state index in [1.165, 1.54) is 31.0 Å². The minimum atomic E-state index is -0.386. The van der Waals surface area contributed by atoms with Gasteiger partial charge in [-0.2, -0.15) is 5.10 Å². The molecule has 2 rings (SSSR count). The highest BCUT2D eigenvalue weighted by Crippen LogP contribution is 2.22. The number of nitrogens with zero attached hydrogens (tertiary/aromatic N) is 3. The Hall–Kier alpha value is -1.96. The molecule has 0 amide bonds. The summed E-state index contributed by atoms with van der Waals surface area (Å²) in [6, 6.07) is -0.0610. The van der Waals surface area contributed by atoms with E-state index in [2.05, 4.69) is 30.2 Å². The van der Waals surface area contributed by atoms with Crippen molar-refractivity contribution in [3.05, 3.63) is 23.2 Å². The Balaban J connectivity index is 2.04. The fourth-order valence-electron chi connectivity index (χ4n) is 1.21. The van der Waals surface area contributed by atoms with E-state index in [1.807, 2.05) is 6.92 Å². The summed E-state index contributed by atoms with van der Waals surface area (Å²) in [5.41, 5.74) is 0. The zero-order chi connectivity index (χ0) is 12.3. The Bertz CT molecular complexity index is 495. The summed E-state index contributed by atoms with van der Waals surface area (Å²) in [4.78, 5) is 19.8. The largest absolute Gasteiger partial charge is 0.465 e. The molecule has 0 saturated heterocycles. The van der Waals surface area contributed by atoms with Crippen LogP contribution in [0.1, 0.15) is 28.5 Å². The lowest BCUT2D eigenvalue weighted by atomic mass is 10.3. The van der Waals surface area contributed by atoms with Gasteiger partial charge < -0.3 is 10.1 Å². The zero-order valence-corrected chi connectivity index (χ0v) is 10.1. The topological polar surface area (TPSA) is 92.8 Å². The molecule has 90 valence electrons. The standard InChI is InChI=1S/C9H11N5O2S/c1-5(7-11-4-12-14-7)13-9-10-3-6(17-9)8(15)16-2/h3-5H,1-2H3,(H,10,13)(H,11,12,14). The van der Waals surface area contributed by atoms with E-state index in [0.29, 0.717) is 15.8 Å². The second-order valence-corrected chi connectivity index (χ2v) is 4.29. The maximum Gasteiger partial charge on any atom is 0.349 e. The van der Waals surface area contributed by atoms with Crippen LogP contribution in [0.15, 0.2) is 12.5 Å². The summed E-state index contributed by atoms with van der Waals surface area (Å²) < 4.78 is 4.60. The third-order valence-corrected chi connectivity index (χ3v) is 2.98. The lowest BCUT2D eigenvalue weighted by molar-refractivity contribution is 0.0606. The molecule has 0 saturated carbocycles. The number of hydrogen-bond acceptors (Lipinski definition) is 7. The number of ether oxygens (including phenoxy) is 1. The number of carbonyl (C=O) groups is 1. The van der Waals surface area contributed by atoms with Crippen molar-refractivity contribution in [3.8, 4) is 0 Å². The quantitative estimate of drug-likeness (QED) is 0.796. The van der Waals surface area contributed by atoms with Crippen LogP contribution in [0.5, 0.6) is 0 Å². The van der Waals surface area contributed by atoms with E-state index in [-0.39, 0.29) is 12.0 Å². The number of rotatable bonds is 4. The van der Waals surface area contributed by atoms with E-state index < -0.39 is 0 Å². The van der Waals surface area contributed by atoms with Crippen molar-refractivity contribution in [3.63, 3.8) is 0 Å². The molecular weight excluding hydrogens is 242 g/mol. The molecular formula is C9H11N5O2S. The van der Waals surface area contributed by atoms with Crippen LogP contribution in [0.4, 0.5) is 5.13 Å². The minimum absolute atomic E-state index is 0.0610. The summed E-state index contributed by atoms with van der Waals surface area (Å²) in [6.45, 7) is 1.92. The van der Waals surface area contributed by atoms with Gasteiger partial charge in [0.15, 0.2) is 5.13 Å². The molecule has 0 aromatic carbocycles. The Labute approximate surface area is 101 Å². The average molecular weight is 253 g/mol. The van der Waals surface area contributed by atoms with Crippen molar-refractivity contribution in [1.82, 2.24) is 20.2 Å². The number of esters is 1. The number of anilines is 1. The lowest BCUT2D eigenvalue weighted by Crippen LogP contribution is -2.08. The molecule has 2 aromatic rings. The highest BCUT2D eigenvalue weighted by Gasteiger charge is 2.13. The Morgan fingerprint density at radius 3 is 3.06 bits per heavy atom. The van der Waals surface area contributed by atoms with Gasteiger partial charge in [-0.15, -0.1) is 0 Å². The van der Waals surface area contributed by atoms with Crippen LogP contribution in [0.25, 0.3) is 0 Å². The Morgan fingerprint density at radius 1 is 1.59 bits per heavy atom. The van der Waals surface area contributed by atoms with Gasteiger partial charge in [0.25, 0.3) is 0 Å². The molecule has 0 aliphatic heterocycles. The number of thiazole rings is 1. The van der Waals surface area contributed by atoms with E-state index in [0.717, 1.165) is 0 Å². The predicted molar refractivity (Wildman–Crippen MR) is 61.9 cm³/mol. The first-order valence-corrected chi connectivity index (χ1v) is 5.68. The smallest absolute Gasteiger partial charge is 0.349 e. The van der Waals surface area contributed by atoms with Gasteiger partial charge in [0, 0.05) is 0 Å². The molecule has 2 N–H and O–H groups in total. The number of aromatic nitrogens is 4. The summed E-state index contributed by atoms with van der Waals surface area (Å²) in [5.74, 6) is 0.322. The van der Waals surface area contributed by atoms with Crippen LogP contribution in [-0.4, -0.2) is 33.2 Å². The first-order valence-electron chi connectivity index (χ1n) is 4.86. The number of aromatic amines is 1. The van der Waals surface area contributed by atoms with Gasteiger partial charge in [0.1, 0.15) is 17.0 Å². The minimum Gasteiger partial charge on any atom is -0.465 e. The van der Waals surface area contributed by atoms with Crippen molar-refractivity contribution in [1.29, 1.82) is 0 Å². The second kappa shape index (κ2) is 4.91. The summed E-state index contributed by atoms with van der Waals surface area (Å²) in [6.07, 6.45) is 2.92. The molecule has 17 heavy (non-hydrogen) atoms. The van der Waals surface area contributed by atoms with Crippen LogP contribution in [0.2, 0.25) is 0 Å². The van der Waals surface area contributed by atoms with Gasteiger partial charge in [0.2, 0.25) is 0 Å². The maximum absolute atomic E-state index is 11.2. The van der Waals surface area contributed by atoms with Crippen LogP contribution in [0.3, 0.4) is 0 Å². The summed E-state index contributed by atoms with van der Waals surface area (Å²) >= 11 is 1.23. The van der Waals surface area contributed by atoms with Crippen LogP contribution in [0, 0.1) is 0 Å². The van der Waals surface area contributed by atoms with Crippen LogP contribution in [-0.2, 0) is 4.74 Å².